The lowest BCUT2D eigenvalue weighted by atomic mass is 9.70. The molecule has 136 valence electrons. The van der Waals surface area contributed by atoms with Crippen LogP contribution in [0, 0.1) is 17.8 Å². The molecule has 3 heterocycles. The number of carbonyl (C=O) groups is 2. The number of thioether (sulfide) groups is 1. The van der Waals surface area contributed by atoms with Crippen LogP contribution in [0.4, 0.5) is 5.69 Å². The van der Waals surface area contributed by atoms with Gasteiger partial charge in [-0.25, -0.2) is 4.90 Å². The summed E-state index contributed by atoms with van der Waals surface area (Å²) in [5.41, 5.74) is 0.682. The molecule has 2 fully saturated rings. The summed E-state index contributed by atoms with van der Waals surface area (Å²) >= 11 is 1.73. The lowest BCUT2D eigenvalue weighted by molar-refractivity contribution is -0.126. The Bertz CT molecular complexity index is 928. The maximum atomic E-state index is 13.3. The van der Waals surface area contributed by atoms with Crippen LogP contribution >= 0.6 is 11.8 Å². The van der Waals surface area contributed by atoms with E-state index in [9.17, 15) is 9.59 Å². The average Bonchev–Trinajstić information content (AvgIpc) is 2.96. The maximum Gasteiger partial charge on any atom is 0.239 e. The molecule has 2 saturated heterocycles. The van der Waals surface area contributed by atoms with Gasteiger partial charge < -0.3 is 0 Å². The van der Waals surface area contributed by atoms with Crippen molar-refractivity contribution in [1.29, 1.82) is 0 Å². The van der Waals surface area contributed by atoms with Crippen LogP contribution in [0.3, 0.4) is 0 Å². The van der Waals surface area contributed by atoms with Gasteiger partial charge in [0.1, 0.15) is 0 Å². The van der Waals surface area contributed by atoms with Gasteiger partial charge in [0.25, 0.3) is 0 Å². The first-order valence-corrected chi connectivity index (χ1v) is 10.0. The predicted molar refractivity (Wildman–Crippen MR) is 106 cm³/mol. The first-order chi connectivity index (χ1) is 13.1. The van der Waals surface area contributed by atoms with Crippen molar-refractivity contribution in [2.24, 2.45) is 17.8 Å². The molecular formula is C22H20N2O2S. The fourth-order valence-corrected chi connectivity index (χ4v) is 5.82. The van der Waals surface area contributed by atoms with Gasteiger partial charge >= 0.3 is 0 Å². The second kappa shape index (κ2) is 6.36. The van der Waals surface area contributed by atoms with Crippen molar-refractivity contribution in [1.82, 2.24) is 4.90 Å². The number of fused-ring (bicyclic) bond motifs is 1. The van der Waals surface area contributed by atoms with Crippen molar-refractivity contribution in [3.05, 3.63) is 71.6 Å². The molecule has 4 atom stereocenters. The zero-order valence-corrected chi connectivity index (χ0v) is 15.8. The summed E-state index contributed by atoms with van der Waals surface area (Å²) in [5, 5.41) is 0. The molecule has 5 heteroatoms. The Morgan fingerprint density at radius 2 is 1.52 bits per heavy atom. The van der Waals surface area contributed by atoms with Crippen molar-refractivity contribution >= 4 is 29.3 Å². The van der Waals surface area contributed by atoms with Crippen molar-refractivity contribution in [2.45, 2.75) is 10.9 Å². The van der Waals surface area contributed by atoms with Crippen LogP contribution in [0.1, 0.15) is 0 Å². The number of imide groups is 1. The summed E-state index contributed by atoms with van der Waals surface area (Å²) in [6.07, 6.45) is 2.21. The van der Waals surface area contributed by atoms with Crippen LogP contribution in [0.2, 0.25) is 0 Å². The van der Waals surface area contributed by atoms with Gasteiger partial charge in [-0.3, -0.25) is 14.5 Å². The van der Waals surface area contributed by atoms with Crippen LogP contribution in [-0.2, 0) is 9.59 Å². The van der Waals surface area contributed by atoms with E-state index in [0.717, 1.165) is 6.54 Å². The Kier molecular flexibility index (Phi) is 3.95. The average molecular weight is 376 g/mol. The normalized spacial score (nSPS) is 29.8. The van der Waals surface area contributed by atoms with Gasteiger partial charge in [-0.2, -0.15) is 0 Å². The highest BCUT2D eigenvalue weighted by atomic mass is 32.2. The third-order valence-electron chi connectivity index (χ3n) is 5.89. The Morgan fingerprint density at radius 3 is 2.22 bits per heavy atom. The van der Waals surface area contributed by atoms with E-state index in [0.29, 0.717) is 5.69 Å². The Balaban J connectivity index is 1.51. The van der Waals surface area contributed by atoms with E-state index in [4.69, 9.17) is 0 Å². The van der Waals surface area contributed by atoms with Crippen LogP contribution < -0.4 is 4.90 Å². The summed E-state index contributed by atoms with van der Waals surface area (Å²) in [4.78, 5) is 32.5. The van der Waals surface area contributed by atoms with E-state index >= 15 is 0 Å². The second-order valence-corrected chi connectivity index (χ2v) is 8.57. The summed E-state index contributed by atoms with van der Waals surface area (Å²) in [6.45, 7) is 0.819. The van der Waals surface area contributed by atoms with Crippen molar-refractivity contribution in [3.63, 3.8) is 0 Å². The molecule has 2 bridgehead atoms. The summed E-state index contributed by atoms with van der Waals surface area (Å²) in [6, 6.07) is 19.5. The van der Waals surface area contributed by atoms with Crippen LogP contribution in [0.15, 0.2) is 76.5 Å². The van der Waals surface area contributed by atoms with E-state index in [1.165, 1.54) is 14.7 Å². The third kappa shape index (κ3) is 2.57. The molecule has 0 unspecified atom stereocenters. The molecule has 2 aromatic carbocycles. The predicted octanol–water partition coefficient (Wildman–Crippen LogP) is 3.41. The van der Waals surface area contributed by atoms with E-state index < -0.39 is 0 Å². The number of hydrogen-bond acceptors (Lipinski definition) is 4. The zero-order chi connectivity index (χ0) is 18.5. The number of para-hydroxylation sites is 1. The monoisotopic (exact) mass is 376 g/mol. The van der Waals surface area contributed by atoms with Gasteiger partial charge in [-0.15, -0.1) is 0 Å². The number of hydrogen-bond donors (Lipinski definition) is 0. The van der Waals surface area contributed by atoms with Crippen LogP contribution in [-0.4, -0.2) is 36.3 Å². The molecular weight excluding hydrogens is 356 g/mol. The second-order valence-electron chi connectivity index (χ2n) is 7.42. The van der Waals surface area contributed by atoms with E-state index in [2.05, 4.69) is 30.2 Å². The van der Waals surface area contributed by atoms with Gasteiger partial charge in [0.15, 0.2) is 0 Å². The number of anilines is 1. The summed E-state index contributed by atoms with van der Waals surface area (Å²) in [7, 11) is 2.05. The maximum absolute atomic E-state index is 13.3. The number of rotatable bonds is 3. The van der Waals surface area contributed by atoms with Gasteiger partial charge in [-0.1, -0.05) is 54.2 Å². The van der Waals surface area contributed by atoms with Gasteiger partial charge in [-0.05, 0) is 36.2 Å². The van der Waals surface area contributed by atoms with Crippen LogP contribution in [0.25, 0.3) is 0 Å². The van der Waals surface area contributed by atoms with E-state index in [-0.39, 0.29) is 35.6 Å². The third-order valence-corrected chi connectivity index (χ3v) is 7.07. The van der Waals surface area contributed by atoms with Gasteiger partial charge in [0.05, 0.1) is 17.5 Å². The first-order valence-electron chi connectivity index (χ1n) is 9.23. The highest BCUT2D eigenvalue weighted by Gasteiger charge is 2.60. The quantitative estimate of drug-likeness (QED) is 0.770. The number of piperidine rings is 1. The number of likely N-dealkylation sites (N-methyl/N-ethyl adjacent to an activating group) is 1. The number of carbonyl (C=O) groups excluding carboxylic acids is 2. The Labute approximate surface area is 162 Å². The molecule has 2 aromatic rings. The minimum Gasteiger partial charge on any atom is -0.298 e. The topological polar surface area (TPSA) is 40.6 Å². The molecule has 0 aromatic heterocycles. The smallest absolute Gasteiger partial charge is 0.239 e. The molecule has 0 N–H and O–H groups in total. The molecule has 4 aliphatic rings. The van der Waals surface area contributed by atoms with Crippen LogP contribution in [0.5, 0.6) is 0 Å². The lowest BCUT2D eigenvalue weighted by Crippen LogP contribution is -2.55. The molecule has 1 aliphatic carbocycles. The van der Waals surface area contributed by atoms with E-state index in [1.54, 1.807) is 11.8 Å². The highest BCUT2D eigenvalue weighted by Crippen LogP contribution is 2.52. The summed E-state index contributed by atoms with van der Waals surface area (Å²) in [5.74, 6) is -0.562. The largest absolute Gasteiger partial charge is 0.298 e. The van der Waals surface area contributed by atoms with Gasteiger partial charge in [0, 0.05) is 23.4 Å². The molecule has 3 aliphatic heterocycles. The number of nitrogens with zero attached hydrogens (tertiary/aromatic N) is 2. The van der Waals surface area contributed by atoms with Gasteiger partial charge in [0.2, 0.25) is 11.8 Å². The fraction of sp³-hybridized carbons (Fsp3) is 0.273. The number of benzene rings is 2. The zero-order valence-electron chi connectivity index (χ0n) is 15.0. The minimum atomic E-state index is -0.276. The molecule has 2 amide bonds. The summed E-state index contributed by atoms with van der Waals surface area (Å²) < 4.78 is 0. The molecule has 0 saturated carbocycles. The standard InChI is InChI=1S/C22H20N2O2S/c1-23-13-16-18(27-15-10-6-3-7-11-15)12-17(23)20-19(16)21(25)24(22(20)26)14-8-4-2-5-9-14/h2-12,16-17,19-20H,13H2,1H3/t16-,17+,19+,20-/m0/s1. The van der Waals surface area contributed by atoms with E-state index in [1.807, 2.05) is 48.5 Å². The Hall–Kier alpha value is -2.37. The van der Waals surface area contributed by atoms with Crippen molar-refractivity contribution < 1.29 is 9.59 Å². The fourth-order valence-electron chi connectivity index (χ4n) is 4.67. The molecule has 4 nitrogen and oxygen atoms in total. The van der Waals surface area contributed by atoms with Crippen molar-refractivity contribution in [2.75, 3.05) is 18.5 Å². The minimum absolute atomic E-state index is 0.0172. The molecule has 27 heavy (non-hydrogen) atoms. The number of amides is 2. The van der Waals surface area contributed by atoms with Crippen molar-refractivity contribution in [3.8, 4) is 0 Å². The lowest BCUT2D eigenvalue weighted by Gasteiger charge is -2.47. The first kappa shape index (κ1) is 16.8. The molecule has 0 spiro atoms. The SMILES string of the molecule is CN1C[C@H]2C(Sc3ccccc3)=C[C@@H]1[C@@H]1C(=O)N(c3ccccc3)C(=O)[C@@H]12. The highest BCUT2D eigenvalue weighted by molar-refractivity contribution is 8.03. The molecule has 6 rings (SSSR count). The Morgan fingerprint density at radius 1 is 0.889 bits per heavy atom. The molecule has 0 radical (unpaired) electrons.